The van der Waals surface area contributed by atoms with Gasteiger partial charge >= 0.3 is 0 Å². The van der Waals surface area contributed by atoms with Gasteiger partial charge in [-0.15, -0.1) is 11.8 Å². The Morgan fingerprint density at radius 2 is 2.38 bits per heavy atom. The van der Waals surface area contributed by atoms with E-state index in [1.807, 2.05) is 0 Å². The van der Waals surface area contributed by atoms with Crippen LogP contribution in [-0.2, 0) is 16.9 Å². The van der Waals surface area contributed by atoms with Gasteiger partial charge in [0.25, 0.3) is 0 Å². The van der Waals surface area contributed by atoms with E-state index >= 15 is 0 Å². The highest BCUT2D eigenvalue weighted by atomic mass is 32.2. The molecule has 0 radical (unpaired) electrons. The first-order valence-corrected chi connectivity index (χ1v) is 8.11. The van der Waals surface area contributed by atoms with Crippen LogP contribution in [0.4, 0.5) is 0 Å². The minimum absolute atomic E-state index is 0.136. The number of rotatable bonds is 5. The fourth-order valence-corrected chi connectivity index (χ4v) is 3.09. The summed E-state index contributed by atoms with van der Waals surface area (Å²) in [7, 11) is 0. The molecule has 21 heavy (non-hydrogen) atoms. The lowest BCUT2D eigenvalue weighted by Gasteiger charge is -2.21. The minimum atomic E-state index is 0.136. The van der Waals surface area contributed by atoms with E-state index in [2.05, 4.69) is 46.6 Å². The Morgan fingerprint density at radius 1 is 1.43 bits per heavy atom. The van der Waals surface area contributed by atoms with Crippen molar-refractivity contribution in [3.05, 3.63) is 41.5 Å². The van der Waals surface area contributed by atoms with Crippen molar-refractivity contribution in [3.63, 3.8) is 0 Å². The van der Waals surface area contributed by atoms with Crippen LogP contribution in [0.3, 0.4) is 0 Å². The number of benzene rings is 1. The molecule has 1 aromatic carbocycles. The molecule has 1 saturated heterocycles. The maximum absolute atomic E-state index is 5.64. The van der Waals surface area contributed by atoms with Crippen LogP contribution in [0.1, 0.15) is 17.3 Å². The average molecular weight is 305 g/mol. The molecule has 1 unspecified atom stereocenters. The van der Waals surface area contributed by atoms with Gasteiger partial charge in [0, 0.05) is 18.0 Å². The number of ether oxygens (including phenoxy) is 1. The number of aryl methyl sites for hydroxylation is 1. The molecule has 0 spiro atoms. The van der Waals surface area contributed by atoms with Gasteiger partial charge in [0.15, 0.2) is 5.82 Å². The first kappa shape index (κ1) is 14.6. The molecule has 1 N–H and O–H groups in total. The minimum Gasteiger partial charge on any atom is -0.375 e. The van der Waals surface area contributed by atoms with E-state index in [1.165, 1.54) is 10.5 Å². The van der Waals surface area contributed by atoms with Crippen molar-refractivity contribution in [2.45, 2.75) is 30.1 Å². The second-order valence-corrected chi connectivity index (χ2v) is 6.16. The van der Waals surface area contributed by atoms with E-state index in [9.17, 15) is 0 Å². The third kappa shape index (κ3) is 4.30. The number of hydrogen-bond acceptors (Lipinski definition) is 6. The summed E-state index contributed by atoms with van der Waals surface area (Å²) in [5, 5.41) is 7.33. The first-order valence-electron chi connectivity index (χ1n) is 7.13. The Morgan fingerprint density at radius 3 is 3.19 bits per heavy atom. The molecular formula is C15H19N3O2S. The predicted molar refractivity (Wildman–Crippen MR) is 81.4 cm³/mol. The zero-order valence-corrected chi connectivity index (χ0v) is 12.9. The Hall–Kier alpha value is -1.37. The highest BCUT2D eigenvalue weighted by Gasteiger charge is 2.17. The quantitative estimate of drug-likeness (QED) is 0.855. The van der Waals surface area contributed by atoms with Gasteiger partial charge in [-0.05, 0) is 19.1 Å². The van der Waals surface area contributed by atoms with E-state index in [4.69, 9.17) is 9.26 Å². The molecule has 1 fully saturated rings. The molecule has 1 atom stereocenters. The van der Waals surface area contributed by atoms with Crippen molar-refractivity contribution in [2.24, 2.45) is 0 Å². The van der Waals surface area contributed by atoms with Crippen molar-refractivity contribution in [1.82, 2.24) is 15.5 Å². The summed E-state index contributed by atoms with van der Waals surface area (Å²) >= 11 is 1.72. The third-order valence-corrected chi connectivity index (χ3v) is 4.26. The van der Waals surface area contributed by atoms with Crippen LogP contribution in [0.5, 0.6) is 0 Å². The summed E-state index contributed by atoms with van der Waals surface area (Å²) in [4.78, 5) is 5.66. The van der Waals surface area contributed by atoms with Gasteiger partial charge in [-0.1, -0.05) is 22.9 Å². The van der Waals surface area contributed by atoms with Crippen molar-refractivity contribution in [1.29, 1.82) is 0 Å². The molecule has 1 aliphatic rings. The van der Waals surface area contributed by atoms with E-state index in [0.29, 0.717) is 12.3 Å². The van der Waals surface area contributed by atoms with Crippen molar-refractivity contribution < 1.29 is 9.26 Å². The zero-order valence-electron chi connectivity index (χ0n) is 12.0. The lowest BCUT2D eigenvalue weighted by atomic mass is 10.2. The van der Waals surface area contributed by atoms with Gasteiger partial charge in [0.2, 0.25) is 5.89 Å². The molecule has 3 rings (SSSR count). The standard InChI is InChI=1S/C15H19N3O2S/c1-11-3-2-4-13(7-11)21-10-14-17-15(20-18-14)8-12-9-16-5-6-19-12/h2-4,7,12,16H,5-6,8-10H2,1H3. The molecule has 5 nitrogen and oxygen atoms in total. The third-order valence-electron chi connectivity index (χ3n) is 3.27. The summed E-state index contributed by atoms with van der Waals surface area (Å²) in [5.74, 6) is 2.11. The number of thioether (sulfide) groups is 1. The van der Waals surface area contributed by atoms with Gasteiger partial charge in [0.1, 0.15) is 0 Å². The van der Waals surface area contributed by atoms with Crippen LogP contribution >= 0.6 is 11.8 Å². The van der Waals surface area contributed by atoms with E-state index < -0.39 is 0 Å². The molecule has 6 heteroatoms. The predicted octanol–water partition coefficient (Wildman–Crippen LogP) is 2.20. The zero-order chi connectivity index (χ0) is 14.5. The van der Waals surface area contributed by atoms with Crippen molar-refractivity contribution in [3.8, 4) is 0 Å². The SMILES string of the molecule is Cc1cccc(SCc2noc(CC3CNCCO3)n2)c1. The van der Waals surface area contributed by atoms with Gasteiger partial charge < -0.3 is 14.6 Å². The van der Waals surface area contributed by atoms with Gasteiger partial charge in [-0.3, -0.25) is 0 Å². The van der Waals surface area contributed by atoms with Crippen LogP contribution in [0, 0.1) is 6.92 Å². The Labute approximate surface area is 128 Å². The highest BCUT2D eigenvalue weighted by molar-refractivity contribution is 7.98. The van der Waals surface area contributed by atoms with Gasteiger partial charge in [-0.2, -0.15) is 4.98 Å². The summed E-state index contributed by atoms with van der Waals surface area (Å²) in [5.41, 5.74) is 1.26. The van der Waals surface area contributed by atoms with Gasteiger partial charge in [0.05, 0.1) is 24.9 Å². The number of morpholine rings is 1. The second-order valence-electron chi connectivity index (χ2n) is 5.11. The summed E-state index contributed by atoms with van der Waals surface area (Å²) in [6.45, 7) is 4.60. The fourth-order valence-electron chi connectivity index (χ4n) is 2.23. The molecule has 1 aromatic heterocycles. The molecule has 1 aliphatic heterocycles. The Balaban J connectivity index is 1.52. The normalized spacial score (nSPS) is 18.8. The summed E-state index contributed by atoms with van der Waals surface area (Å²) < 4.78 is 10.9. The average Bonchev–Trinajstić information content (AvgIpc) is 2.94. The molecule has 2 heterocycles. The maximum atomic E-state index is 5.64. The molecule has 0 aliphatic carbocycles. The van der Waals surface area contributed by atoms with Crippen molar-refractivity contribution in [2.75, 3.05) is 19.7 Å². The second kappa shape index (κ2) is 7.06. The van der Waals surface area contributed by atoms with E-state index in [-0.39, 0.29) is 6.10 Å². The number of nitrogens with one attached hydrogen (secondary N) is 1. The maximum Gasteiger partial charge on any atom is 0.229 e. The summed E-state index contributed by atoms with van der Waals surface area (Å²) in [6, 6.07) is 8.41. The van der Waals surface area contributed by atoms with E-state index in [0.717, 1.165) is 31.3 Å². The van der Waals surface area contributed by atoms with Crippen LogP contribution < -0.4 is 5.32 Å². The van der Waals surface area contributed by atoms with Crippen LogP contribution in [0.25, 0.3) is 0 Å². The molecule has 2 aromatic rings. The number of nitrogens with zero attached hydrogens (tertiary/aromatic N) is 2. The van der Waals surface area contributed by atoms with Crippen molar-refractivity contribution >= 4 is 11.8 Å². The van der Waals surface area contributed by atoms with Crippen LogP contribution in [0.15, 0.2) is 33.7 Å². The lowest BCUT2D eigenvalue weighted by molar-refractivity contribution is 0.0246. The highest BCUT2D eigenvalue weighted by Crippen LogP contribution is 2.22. The summed E-state index contributed by atoms with van der Waals surface area (Å²) in [6.07, 6.45) is 0.811. The topological polar surface area (TPSA) is 60.2 Å². The Bertz CT molecular complexity index is 582. The molecule has 0 bridgehead atoms. The largest absolute Gasteiger partial charge is 0.375 e. The molecular weight excluding hydrogens is 286 g/mol. The first-order chi connectivity index (χ1) is 10.3. The van der Waals surface area contributed by atoms with Crippen LogP contribution in [-0.4, -0.2) is 35.9 Å². The number of aromatic nitrogens is 2. The molecule has 0 saturated carbocycles. The lowest BCUT2D eigenvalue weighted by Crippen LogP contribution is -2.39. The van der Waals surface area contributed by atoms with E-state index in [1.54, 1.807) is 11.8 Å². The fraction of sp³-hybridized carbons (Fsp3) is 0.467. The number of hydrogen-bond donors (Lipinski definition) is 1. The van der Waals surface area contributed by atoms with Crippen LogP contribution in [0.2, 0.25) is 0 Å². The molecule has 0 amide bonds. The molecule has 112 valence electrons. The smallest absolute Gasteiger partial charge is 0.229 e. The monoisotopic (exact) mass is 305 g/mol. The Kier molecular flexibility index (Phi) is 4.90. The van der Waals surface area contributed by atoms with Gasteiger partial charge in [-0.25, -0.2) is 0 Å².